The molecule has 2 aliphatic rings. The lowest BCUT2D eigenvalue weighted by Gasteiger charge is -2.35. The Balaban J connectivity index is 1.56. The van der Waals surface area contributed by atoms with E-state index in [1.165, 1.54) is 0 Å². The van der Waals surface area contributed by atoms with Crippen molar-refractivity contribution in [2.24, 2.45) is 0 Å². The fourth-order valence-electron chi connectivity index (χ4n) is 3.55. The topological polar surface area (TPSA) is 81.7 Å². The summed E-state index contributed by atoms with van der Waals surface area (Å²) in [4.78, 5) is 10.4. The van der Waals surface area contributed by atoms with Crippen LogP contribution in [0, 0.1) is 0 Å². The van der Waals surface area contributed by atoms with Gasteiger partial charge in [-0.2, -0.15) is 17.0 Å². The summed E-state index contributed by atoms with van der Waals surface area (Å²) in [6.45, 7) is 2.44. The van der Waals surface area contributed by atoms with Crippen molar-refractivity contribution in [2.45, 2.75) is 44.6 Å². The Bertz CT molecular complexity index is 680. The maximum atomic E-state index is 12.9. The molecule has 146 valence electrons. The molecule has 0 unspecified atom stereocenters. The van der Waals surface area contributed by atoms with Crippen LogP contribution in [-0.2, 0) is 10.2 Å². The van der Waals surface area contributed by atoms with E-state index in [0.717, 1.165) is 50.2 Å². The van der Waals surface area contributed by atoms with Crippen LogP contribution in [0.3, 0.4) is 0 Å². The first-order chi connectivity index (χ1) is 12.5. The first kappa shape index (κ1) is 19.3. The highest BCUT2D eigenvalue weighted by atomic mass is 32.2. The van der Waals surface area contributed by atoms with Gasteiger partial charge in [0, 0.05) is 52.4 Å². The van der Waals surface area contributed by atoms with Crippen molar-refractivity contribution in [3.05, 3.63) is 12.4 Å². The van der Waals surface area contributed by atoms with Gasteiger partial charge in [-0.25, -0.2) is 9.97 Å². The van der Waals surface area contributed by atoms with Gasteiger partial charge in [-0.1, -0.05) is 12.8 Å². The minimum atomic E-state index is -3.32. The molecule has 26 heavy (non-hydrogen) atoms. The van der Waals surface area contributed by atoms with Crippen LogP contribution >= 0.6 is 0 Å². The van der Waals surface area contributed by atoms with Crippen molar-refractivity contribution in [3.8, 4) is 0 Å². The molecule has 0 aromatic carbocycles. The summed E-state index contributed by atoms with van der Waals surface area (Å²) in [6.07, 6.45) is 7.33. The summed E-state index contributed by atoms with van der Waals surface area (Å²) in [5.41, 5.74) is 0. The number of rotatable bonds is 5. The number of hydrogen-bond donors (Lipinski definition) is 1. The summed E-state index contributed by atoms with van der Waals surface area (Å²) in [6, 6.07) is 2.15. The van der Waals surface area contributed by atoms with E-state index in [1.54, 1.807) is 14.9 Å². The van der Waals surface area contributed by atoms with Crippen molar-refractivity contribution in [3.63, 3.8) is 0 Å². The molecule has 0 amide bonds. The normalized spacial score (nSPS) is 21.3. The van der Waals surface area contributed by atoms with Gasteiger partial charge in [-0.05, 0) is 25.7 Å². The molecule has 0 atom stereocenters. The monoisotopic (exact) mass is 382 g/mol. The summed E-state index contributed by atoms with van der Waals surface area (Å²) in [7, 11) is 0.569. The summed E-state index contributed by atoms with van der Waals surface area (Å²) >= 11 is 0. The fraction of sp³-hybridized carbons (Fsp3) is 0.765. The molecule has 3 rings (SSSR count). The smallest absolute Gasteiger partial charge is 0.281 e. The van der Waals surface area contributed by atoms with Crippen molar-refractivity contribution in [1.29, 1.82) is 0 Å². The van der Waals surface area contributed by atoms with Gasteiger partial charge in [0.1, 0.15) is 18.0 Å². The van der Waals surface area contributed by atoms with E-state index >= 15 is 0 Å². The molecule has 9 heteroatoms. The Morgan fingerprint density at radius 2 is 1.62 bits per heavy atom. The first-order valence-electron chi connectivity index (χ1n) is 9.48. The third-order valence-electron chi connectivity index (χ3n) is 5.13. The van der Waals surface area contributed by atoms with Crippen LogP contribution in [0.25, 0.3) is 0 Å². The van der Waals surface area contributed by atoms with Crippen molar-refractivity contribution >= 4 is 21.8 Å². The van der Waals surface area contributed by atoms with Gasteiger partial charge in [-0.15, -0.1) is 0 Å². The summed E-state index contributed by atoms with van der Waals surface area (Å²) in [5.74, 6) is 1.64. The van der Waals surface area contributed by atoms with E-state index in [9.17, 15) is 8.42 Å². The maximum Gasteiger partial charge on any atom is 0.281 e. The number of hydrogen-bond acceptors (Lipinski definition) is 6. The highest BCUT2D eigenvalue weighted by Crippen LogP contribution is 2.22. The minimum Gasteiger partial charge on any atom is -0.367 e. The number of aromatic nitrogens is 2. The van der Waals surface area contributed by atoms with Gasteiger partial charge in [0.25, 0.3) is 10.2 Å². The molecular weight excluding hydrogens is 352 g/mol. The molecule has 2 aliphatic heterocycles. The quantitative estimate of drug-likeness (QED) is 0.832. The predicted molar refractivity (Wildman–Crippen MR) is 104 cm³/mol. The average Bonchev–Trinajstić information content (AvgIpc) is 2.92. The standard InChI is InChI=1S/C17H30N6O2S/c1-21(2)17-13-16(18-14-19-17)20-15-7-11-23(12-8-15)26(24,25)22-9-5-3-4-6-10-22/h13-15H,3-12H2,1-2H3,(H,18,19,20). The van der Waals surface area contributed by atoms with E-state index in [4.69, 9.17) is 0 Å². The maximum absolute atomic E-state index is 12.9. The van der Waals surface area contributed by atoms with Gasteiger partial charge in [0.2, 0.25) is 0 Å². The van der Waals surface area contributed by atoms with Gasteiger partial charge in [0.05, 0.1) is 0 Å². The Hall–Kier alpha value is -1.45. The fourth-order valence-corrected chi connectivity index (χ4v) is 5.26. The lowest BCUT2D eigenvalue weighted by molar-refractivity contribution is 0.294. The zero-order valence-corrected chi connectivity index (χ0v) is 16.6. The van der Waals surface area contributed by atoms with Crippen LogP contribution in [0.5, 0.6) is 0 Å². The lowest BCUT2D eigenvalue weighted by Crippen LogP contribution is -2.49. The van der Waals surface area contributed by atoms with Crippen molar-refractivity contribution < 1.29 is 8.42 Å². The molecule has 0 radical (unpaired) electrons. The van der Waals surface area contributed by atoms with Crippen LogP contribution < -0.4 is 10.2 Å². The molecule has 3 heterocycles. The average molecular weight is 383 g/mol. The molecule has 0 bridgehead atoms. The number of nitrogens with zero attached hydrogens (tertiary/aromatic N) is 5. The Morgan fingerprint density at radius 3 is 2.23 bits per heavy atom. The molecule has 8 nitrogen and oxygen atoms in total. The van der Waals surface area contributed by atoms with E-state index in [-0.39, 0.29) is 6.04 Å². The second kappa shape index (κ2) is 8.49. The van der Waals surface area contributed by atoms with Crippen LogP contribution in [0.1, 0.15) is 38.5 Å². The SMILES string of the molecule is CN(C)c1cc(NC2CCN(S(=O)(=O)N3CCCCCC3)CC2)ncn1. The molecule has 1 aromatic heterocycles. The second-order valence-corrected chi connectivity index (χ2v) is 9.22. The van der Waals surface area contributed by atoms with Crippen LogP contribution in [0.4, 0.5) is 11.6 Å². The Kier molecular flexibility index (Phi) is 6.31. The largest absolute Gasteiger partial charge is 0.367 e. The Morgan fingerprint density at radius 1 is 1.00 bits per heavy atom. The molecule has 2 saturated heterocycles. The van der Waals surface area contributed by atoms with Crippen LogP contribution in [0.2, 0.25) is 0 Å². The lowest BCUT2D eigenvalue weighted by atomic mass is 10.1. The molecular formula is C17H30N6O2S. The van der Waals surface area contributed by atoms with Crippen molar-refractivity contribution in [1.82, 2.24) is 18.6 Å². The van der Waals surface area contributed by atoms with Gasteiger partial charge in [0.15, 0.2) is 0 Å². The third-order valence-corrected chi connectivity index (χ3v) is 7.17. The minimum absolute atomic E-state index is 0.232. The zero-order chi connectivity index (χ0) is 18.6. The molecule has 0 spiro atoms. The molecule has 0 saturated carbocycles. The van der Waals surface area contributed by atoms with Gasteiger partial charge >= 0.3 is 0 Å². The molecule has 2 fully saturated rings. The number of piperidine rings is 1. The Labute approximate surface area is 156 Å². The zero-order valence-electron chi connectivity index (χ0n) is 15.8. The summed E-state index contributed by atoms with van der Waals surface area (Å²) in [5, 5.41) is 3.42. The molecule has 1 N–H and O–H groups in total. The van der Waals surface area contributed by atoms with Crippen LogP contribution in [-0.4, -0.2) is 73.3 Å². The van der Waals surface area contributed by atoms with E-state index in [1.807, 2.05) is 25.1 Å². The molecule has 1 aromatic rings. The second-order valence-electron chi connectivity index (χ2n) is 7.29. The first-order valence-corrected chi connectivity index (χ1v) is 10.9. The highest BCUT2D eigenvalue weighted by molar-refractivity contribution is 7.86. The highest BCUT2D eigenvalue weighted by Gasteiger charge is 2.33. The summed E-state index contributed by atoms with van der Waals surface area (Å²) < 4.78 is 29.1. The third kappa shape index (κ3) is 4.63. The van der Waals surface area contributed by atoms with Gasteiger partial charge < -0.3 is 10.2 Å². The van der Waals surface area contributed by atoms with Gasteiger partial charge in [-0.3, -0.25) is 0 Å². The number of nitrogens with one attached hydrogen (secondary N) is 1. The van der Waals surface area contributed by atoms with E-state index in [2.05, 4.69) is 15.3 Å². The van der Waals surface area contributed by atoms with E-state index in [0.29, 0.717) is 26.2 Å². The number of anilines is 2. The van der Waals surface area contributed by atoms with Crippen molar-refractivity contribution in [2.75, 3.05) is 50.5 Å². The molecule has 0 aliphatic carbocycles. The van der Waals surface area contributed by atoms with E-state index < -0.39 is 10.2 Å². The van der Waals surface area contributed by atoms with Crippen LogP contribution in [0.15, 0.2) is 12.4 Å². The predicted octanol–water partition coefficient (Wildman–Crippen LogP) is 1.54.